The second-order valence-electron chi connectivity index (χ2n) is 6.61. The van der Waals surface area contributed by atoms with Gasteiger partial charge in [-0.25, -0.2) is 4.79 Å². The average molecular weight is 434 g/mol. The van der Waals surface area contributed by atoms with Gasteiger partial charge in [0.15, 0.2) is 11.2 Å². The molecule has 1 saturated heterocycles. The minimum Gasteiger partial charge on any atom is -0.378 e. The molecule has 3 aromatic rings. The van der Waals surface area contributed by atoms with Crippen LogP contribution in [0.2, 0.25) is 0 Å². The molecule has 0 atom stereocenters. The Labute approximate surface area is 163 Å². The zero-order chi connectivity index (χ0) is 19.1. The molecule has 0 amide bonds. The van der Waals surface area contributed by atoms with Gasteiger partial charge in [0.25, 0.3) is 5.56 Å². The highest BCUT2D eigenvalue weighted by atomic mass is 79.9. The maximum absolute atomic E-state index is 13.1. The van der Waals surface area contributed by atoms with Crippen LogP contribution in [0.15, 0.2) is 38.3 Å². The second kappa shape index (κ2) is 6.97. The van der Waals surface area contributed by atoms with Crippen molar-refractivity contribution in [2.75, 3.05) is 31.2 Å². The molecule has 4 rings (SSSR count). The van der Waals surface area contributed by atoms with Crippen molar-refractivity contribution >= 4 is 33.0 Å². The van der Waals surface area contributed by atoms with Gasteiger partial charge >= 0.3 is 5.69 Å². The molecule has 0 radical (unpaired) electrons. The molecule has 0 aliphatic carbocycles. The molecule has 0 N–H and O–H groups in total. The number of ether oxygens (including phenoxy) is 1. The number of benzene rings is 1. The van der Waals surface area contributed by atoms with Crippen molar-refractivity contribution < 1.29 is 4.74 Å². The molecule has 2 aromatic heterocycles. The Morgan fingerprint density at radius 1 is 1.15 bits per heavy atom. The zero-order valence-electron chi connectivity index (χ0n) is 15.2. The molecule has 0 spiro atoms. The Morgan fingerprint density at radius 2 is 1.89 bits per heavy atom. The van der Waals surface area contributed by atoms with E-state index in [0.717, 1.165) is 10.0 Å². The van der Waals surface area contributed by atoms with Crippen LogP contribution in [0.25, 0.3) is 11.2 Å². The molecule has 1 fully saturated rings. The zero-order valence-corrected chi connectivity index (χ0v) is 16.8. The lowest BCUT2D eigenvalue weighted by Gasteiger charge is -2.27. The molecule has 3 heterocycles. The SMILES string of the molecule is Cn1c(N2CCOCC2)nc2c1c(=O)n(Cc1cccc(Br)c1)c(=O)n2C. The first-order valence-electron chi connectivity index (χ1n) is 8.71. The molecule has 9 heteroatoms. The number of halogens is 1. The van der Waals surface area contributed by atoms with Crippen molar-refractivity contribution in [1.82, 2.24) is 18.7 Å². The Morgan fingerprint density at radius 3 is 2.59 bits per heavy atom. The highest BCUT2D eigenvalue weighted by molar-refractivity contribution is 9.10. The van der Waals surface area contributed by atoms with E-state index < -0.39 is 0 Å². The van der Waals surface area contributed by atoms with Crippen LogP contribution < -0.4 is 16.1 Å². The highest BCUT2D eigenvalue weighted by Gasteiger charge is 2.22. The molecule has 0 saturated carbocycles. The second-order valence-corrected chi connectivity index (χ2v) is 7.52. The molecule has 1 aliphatic rings. The Bertz CT molecular complexity index is 1120. The fourth-order valence-electron chi connectivity index (χ4n) is 3.44. The monoisotopic (exact) mass is 433 g/mol. The summed E-state index contributed by atoms with van der Waals surface area (Å²) in [6.07, 6.45) is 0. The number of anilines is 1. The van der Waals surface area contributed by atoms with Gasteiger partial charge in [0.1, 0.15) is 0 Å². The van der Waals surface area contributed by atoms with Crippen molar-refractivity contribution in [3.8, 4) is 0 Å². The van der Waals surface area contributed by atoms with Crippen LogP contribution >= 0.6 is 15.9 Å². The lowest BCUT2D eigenvalue weighted by Crippen LogP contribution is -2.40. The van der Waals surface area contributed by atoms with Crippen LogP contribution in [0.3, 0.4) is 0 Å². The summed E-state index contributed by atoms with van der Waals surface area (Å²) in [5, 5.41) is 0. The molecular weight excluding hydrogens is 414 g/mol. The van der Waals surface area contributed by atoms with E-state index in [1.807, 2.05) is 31.3 Å². The topological polar surface area (TPSA) is 74.3 Å². The van der Waals surface area contributed by atoms with Gasteiger partial charge in [-0.3, -0.25) is 13.9 Å². The van der Waals surface area contributed by atoms with Gasteiger partial charge in [0.05, 0.1) is 19.8 Å². The number of hydrogen-bond donors (Lipinski definition) is 0. The predicted molar refractivity (Wildman–Crippen MR) is 106 cm³/mol. The van der Waals surface area contributed by atoms with Crippen LogP contribution in [-0.4, -0.2) is 45.0 Å². The van der Waals surface area contributed by atoms with E-state index >= 15 is 0 Å². The van der Waals surface area contributed by atoms with E-state index in [1.54, 1.807) is 11.6 Å². The van der Waals surface area contributed by atoms with E-state index in [9.17, 15) is 9.59 Å². The van der Waals surface area contributed by atoms with Crippen LogP contribution in [0.4, 0.5) is 5.95 Å². The summed E-state index contributed by atoms with van der Waals surface area (Å²) >= 11 is 3.43. The summed E-state index contributed by atoms with van der Waals surface area (Å²) in [6, 6.07) is 7.58. The highest BCUT2D eigenvalue weighted by Crippen LogP contribution is 2.19. The summed E-state index contributed by atoms with van der Waals surface area (Å²) in [7, 11) is 3.47. The van der Waals surface area contributed by atoms with Gasteiger partial charge in [0.2, 0.25) is 5.95 Å². The number of aromatic nitrogens is 4. The molecule has 142 valence electrons. The van der Waals surface area contributed by atoms with Gasteiger partial charge in [-0.1, -0.05) is 28.1 Å². The van der Waals surface area contributed by atoms with Crippen molar-refractivity contribution in [2.24, 2.45) is 14.1 Å². The van der Waals surface area contributed by atoms with Crippen molar-refractivity contribution in [3.05, 3.63) is 55.1 Å². The summed E-state index contributed by atoms with van der Waals surface area (Å²) in [5.41, 5.74) is 0.994. The molecule has 1 aromatic carbocycles. The maximum Gasteiger partial charge on any atom is 0.332 e. The first-order chi connectivity index (χ1) is 13.0. The van der Waals surface area contributed by atoms with Gasteiger partial charge in [-0.05, 0) is 17.7 Å². The molecular formula is C18H20BrN5O3. The molecule has 0 bridgehead atoms. The minimum atomic E-state index is -0.376. The van der Waals surface area contributed by atoms with Crippen LogP contribution in [0, 0.1) is 0 Å². The van der Waals surface area contributed by atoms with Crippen molar-refractivity contribution in [2.45, 2.75) is 6.54 Å². The standard InChI is InChI=1S/C18H20BrN5O3/c1-21-14-15(20-17(21)23-6-8-27-9-7-23)22(2)18(26)24(16(14)25)11-12-4-3-5-13(19)10-12/h3-5,10H,6-9,11H2,1-2H3. The summed E-state index contributed by atoms with van der Waals surface area (Å²) in [5.74, 6) is 0.681. The van der Waals surface area contributed by atoms with E-state index in [2.05, 4.69) is 25.8 Å². The third-order valence-electron chi connectivity index (χ3n) is 4.86. The number of fused-ring (bicyclic) bond motifs is 1. The van der Waals surface area contributed by atoms with Crippen molar-refractivity contribution in [3.63, 3.8) is 0 Å². The molecule has 27 heavy (non-hydrogen) atoms. The average Bonchev–Trinajstić information content (AvgIpc) is 3.02. The predicted octanol–water partition coefficient (Wildman–Crippen LogP) is 1.08. The minimum absolute atomic E-state index is 0.207. The van der Waals surface area contributed by atoms with Gasteiger partial charge in [-0.15, -0.1) is 0 Å². The summed E-state index contributed by atoms with van der Waals surface area (Å²) in [6.45, 7) is 2.86. The van der Waals surface area contributed by atoms with E-state index in [-0.39, 0.29) is 17.8 Å². The van der Waals surface area contributed by atoms with Gasteiger partial charge in [-0.2, -0.15) is 4.98 Å². The third kappa shape index (κ3) is 3.10. The maximum atomic E-state index is 13.1. The molecule has 8 nitrogen and oxygen atoms in total. The summed E-state index contributed by atoms with van der Waals surface area (Å²) in [4.78, 5) is 32.6. The van der Waals surface area contributed by atoms with Gasteiger partial charge < -0.3 is 14.2 Å². The van der Waals surface area contributed by atoms with E-state index in [4.69, 9.17) is 4.74 Å². The number of hydrogen-bond acceptors (Lipinski definition) is 5. The summed E-state index contributed by atoms with van der Waals surface area (Å²) < 4.78 is 10.8. The van der Waals surface area contributed by atoms with Crippen molar-refractivity contribution in [1.29, 1.82) is 0 Å². The smallest absolute Gasteiger partial charge is 0.332 e. The van der Waals surface area contributed by atoms with Crippen LogP contribution in [-0.2, 0) is 25.4 Å². The van der Waals surface area contributed by atoms with Crippen LogP contribution in [0.1, 0.15) is 5.56 Å². The number of morpholine rings is 1. The molecule has 1 aliphatic heterocycles. The van der Waals surface area contributed by atoms with Crippen LogP contribution in [0.5, 0.6) is 0 Å². The van der Waals surface area contributed by atoms with E-state index in [1.165, 1.54) is 9.13 Å². The number of imidazole rings is 1. The lowest BCUT2D eigenvalue weighted by atomic mass is 10.2. The van der Waals surface area contributed by atoms with Gasteiger partial charge in [0, 0.05) is 31.7 Å². The normalized spacial score (nSPS) is 14.9. The van der Waals surface area contributed by atoms with E-state index in [0.29, 0.717) is 43.4 Å². The lowest BCUT2D eigenvalue weighted by molar-refractivity contribution is 0.122. The fourth-order valence-corrected chi connectivity index (χ4v) is 3.88. The Hall–Kier alpha value is -2.39. The number of nitrogens with zero attached hydrogens (tertiary/aromatic N) is 5. The Balaban J connectivity index is 1.88. The first-order valence-corrected chi connectivity index (χ1v) is 9.50. The Kier molecular flexibility index (Phi) is 4.65. The fraction of sp³-hybridized carbons (Fsp3) is 0.389. The third-order valence-corrected chi connectivity index (χ3v) is 5.35. The quantitative estimate of drug-likeness (QED) is 0.617. The first kappa shape index (κ1) is 18.0. The molecule has 0 unspecified atom stereocenters. The largest absolute Gasteiger partial charge is 0.378 e. The number of aryl methyl sites for hydroxylation is 2. The number of rotatable bonds is 3.